The highest BCUT2D eigenvalue weighted by Gasteiger charge is 2.25. The largest absolute Gasteiger partial charge is 0.377 e. The van der Waals surface area contributed by atoms with E-state index in [-0.39, 0.29) is 11.3 Å². The Morgan fingerprint density at radius 3 is 2.64 bits per heavy atom. The van der Waals surface area contributed by atoms with Crippen molar-refractivity contribution >= 4 is 5.91 Å². The lowest BCUT2D eigenvalue weighted by atomic mass is 9.78. The lowest BCUT2D eigenvalue weighted by molar-refractivity contribution is 0.0914. The summed E-state index contributed by atoms with van der Waals surface area (Å²) in [5.41, 5.74) is 2.36. The molecule has 4 nitrogen and oxygen atoms in total. The molecule has 1 aromatic rings. The fourth-order valence-corrected chi connectivity index (χ4v) is 2.29. The zero-order valence-electron chi connectivity index (χ0n) is 14.8. The van der Waals surface area contributed by atoms with E-state index in [1.165, 1.54) is 0 Å². The Hall–Kier alpha value is -1.42. The van der Waals surface area contributed by atoms with Crippen molar-refractivity contribution in [3.8, 4) is 0 Å². The zero-order chi connectivity index (χ0) is 16.8. The second kappa shape index (κ2) is 8.28. The minimum atomic E-state index is -0.113. The first-order valence-electron chi connectivity index (χ1n) is 8.13. The van der Waals surface area contributed by atoms with Crippen molar-refractivity contribution < 1.29 is 9.53 Å². The van der Waals surface area contributed by atoms with Crippen molar-refractivity contribution in [2.45, 2.75) is 54.6 Å². The van der Waals surface area contributed by atoms with Gasteiger partial charge in [0.05, 0.1) is 6.61 Å². The minimum Gasteiger partial charge on any atom is -0.377 e. The summed E-state index contributed by atoms with van der Waals surface area (Å²) in [6.45, 7) is 14.4. The molecule has 1 N–H and O–H groups in total. The number of pyridine rings is 1. The number of aromatic nitrogens is 1. The van der Waals surface area contributed by atoms with Crippen molar-refractivity contribution in [2.75, 3.05) is 13.2 Å². The number of ether oxygens (including phenoxy) is 1. The molecule has 1 heterocycles. The first kappa shape index (κ1) is 18.6. The first-order valence-corrected chi connectivity index (χ1v) is 8.13. The van der Waals surface area contributed by atoms with Gasteiger partial charge in [0.1, 0.15) is 5.69 Å². The molecule has 4 heteroatoms. The maximum atomic E-state index is 12.4. The molecule has 1 unspecified atom stereocenters. The van der Waals surface area contributed by atoms with Gasteiger partial charge in [0.2, 0.25) is 0 Å². The quantitative estimate of drug-likeness (QED) is 0.796. The standard InChI is InChI=1S/C18H30N2O2/c1-7-13(3)18(5,6)12-19-17(21)16-10-15(11-22-8-2)9-14(4)20-16/h9-10,13H,7-8,11-12H2,1-6H3,(H,19,21). The van der Waals surface area contributed by atoms with Gasteiger partial charge in [-0.15, -0.1) is 0 Å². The van der Waals surface area contributed by atoms with Crippen LogP contribution in [0.1, 0.15) is 62.8 Å². The predicted molar refractivity (Wildman–Crippen MR) is 89.9 cm³/mol. The van der Waals surface area contributed by atoms with Gasteiger partial charge in [0.15, 0.2) is 0 Å². The lowest BCUT2D eigenvalue weighted by Crippen LogP contribution is -2.38. The molecule has 1 aromatic heterocycles. The Balaban J connectivity index is 2.75. The third-order valence-electron chi connectivity index (χ3n) is 4.37. The van der Waals surface area contributed by atoms with E-state index in [0.29, 0.717) is 31.4 Å². The molecule has 0 saturated heterocycles. The topological polar surface area (TPSA) is 51.2 Å². The summed E-state index contributed by atoms with van der Waals surface area (Å²) in [5, 5.41) is 3.02. The number of carbonyl (C=O) groups is 1. The monoisotopic (exact) mass is 306 g/mol. The molecule has 0 aliphatic heterocycles. The summed E-state index contributed by atoms with van der Waals surface area (Å²) in [7, 11) is 0. The third kappa shape index (κ3) is 5.41. The van der Waals surface area contributed by atoms with Crippen LogP contribution in [0.2, 0.25) is 0 Å². The van der Waals surface area contributed by atoms with Crippen molar-refractivity contribution in [2.24, 2.45) is 11.3 Å². The highest BCUT2D eigenvalue weighted by Crippen LogP contribution is 2.27. The fraction of sp³-hybridized carbons (Fsp3) is 0.667. The average molecular weight is 306 g/mol. The average Bonchev–Trinajstić information content (AvgIpc) is 2.49. The van der Waals surface area contributed by atoms with Crippen molar-refractivity contribution in [1.29, 1.82) is 0 Å². The molecule has 0 saturated carbocycles. The molecule has 1 atom stereocenters. The number of rotatable bonds is 8. The van der Waals surface area contributed by atoms with Gasteiger partial charge in [0, 0.05) is 18.8 Å². The smallest absolute Gasteiger partial charge is 0.269 e. The molecular weight excluding hydrogens is 276 g/mol. The van der Waals surface area contributed by atoms with Gasteiger partial charge in [-0.2, -0.15) is 0 Å². The van der Waals surface area contributed by atoms with E-state index in [4.69, 9.17) is 4.74 Å². The number of aryl methyl sites for hydroxylation is 1. The molecular formula is C18H30N2O2. The fourth-order valence-electron chi connectivity index (χ4n) is 2.29. The number of carbonyl (C=O) groups excluding carboxylic acids is 1. The van der Waals surface area contributed by atoms with E-state index in [0.717, 1.165) is 17.7 Å². The predicted octanol–water partition coefficient (Wildman–Crippen LogP) is 3.73. The Kier molecular flexibility index (Phi) is 7.01. The summed E-state index contributed by atoms with van der Waals surface area (Å²) in [6.07, 6.45) is 1.10. The maximum Gasteiger partial charge on any atom is 0.269 e. The maximum absolute atomic E-state index is 12.4. The van der Waals surface area contributed by atoms with Gasteiger partial charge in [-0.3, -0.25) is 4.79 Å². The molecule has 0 fully saturated rings. The second-order valence-electron chi connectivity index (χ2n) is 6.62. The lowest BCUT2D eigenvalue weighted by Gasteiger charge is -2.31. The van der Waals surface area contributed by atoms with Crippen LogP contribution >= 0.6 is 0 Å². The van der Waals surface area contributed by atoms with Crippen molar-refractivity contribution in [3.05, 3.63) is 29.1 Å². The van der Waals surface area contributed by atoms with Crippen LogP contribution in [0.4, 0.5) is 0 Å². The number of hydrogen-bond donors (Lipinski definition) is 1. The van der Waals surface area contributed by atoms with E-state index >= 15 is 0 Å². The van der Waals surface area contributed by atoms with Gasteiger partial charge in [-0.1, -0.05) is 34.1 Å². The zero-order valence-corrected chi connectivity index (χ0v) is 14.8. The van der Waals surface area contributed by atoms with Gasteiger partial charge in [-0.25, -0.2) is 4.98 Å². The van der Waals surface area contributed by atoms with Crippen LogP contribution in [-0.2, 0) is 11.3 Å². The molecule has 0 aliphatic rings. The summed E-state index contributed by atoms with van der Waals surface area (Å²) >= 11 is 0. The number of nitrogens with zero attached hydrogens (tertiary/aromatic N) is 1. The molecule has 1 rings (SSSR count). The number of amides is 1. The Bertz CT molecular complexity index is 498. The molecule has 0 bridgehead atoms. The van der Waals surface area contributed by atoms with Gasteiger partial charge >= 0.3 is 0 Å². The van der Waals surface area contributed by atoms with Crippen LogP contribution in [0.15, 0.2) is 12.1 Å². The van der Waals surface area contributed by atoms with E-state index in [9.17, 15) is 4.79 Å². The van der Waals surface area contributed by atoms with Crippen LogP contribution < -0.4 is 5.32 Å². The summed E-state index contributed by atoms with van der Waals surface area (Å²) in [5.74, 6) is 0.435. The molecule has 22 heavy (non-hydrogen) atoms. The Morgan fingerprint density at radius 1 is 1.36 bits per heavy atom. The van der Waals surface area contributed by atoms with Crippen LogP contribution in [0, 0.1) is 18.3 Å². The molecule has 1 amide bonds. The van der Waals surface area contributed by atoms with Gasteiger partial charge in [0.25, 0.3) is 5.91 Å². The first-order chi connectivity index (χ1) is 10.3. The van der Waals surface area contributed by atoms with Crippen molar-refractivity contribution in [3.63, 3.8) is 0 Å². The molecule has 0 aromatic carbocycles. The van der Waals surface area contributed by atoms with E-state index in [1.807, 2.05) is 26.0 Å². The van der Waals surface area contributed by atoms with Crippen molar-refractivity contribution in [1.82, 2.24) is 10.3 Å². The SMILES string of the molecule is CCOCc1cc(C)nc(C(=O)NCC(C)(C)C(C)CC)c1. The third-order valence-corrected chi connectivity index (χ3v) is 4.37. The van der Waals surface area contributed by atoms with Gasteiger partial charge < -0.3 is 10.1 Å². The molecule has 124 valence electrons. The minimum absolute atomic E-state index is 0.0718. The normalized spacial score (nSPS) is 13.0. The van der Waals surface area contributed by atoms with E-state index in [2.05, 4.69) is 38.0 Å². The summed E-state index contributed by atoms with van der Waals surface area (Å²) in [6, 6.07) is 3.77. The van der Waals surface area contributed by atoms with Crippen LogP contribution in [0.3, 0.4) is 0 Å². The van der Waals surface area contributed by atoms with Crippen LogP contribution in [0.5, 0.6) is 0 Å². The number of nitrogens with one attached hydrogen (secondary N) is 1. The number of hydrogen-bond acceptors (Lipinski definition) is 3. The second-order valence-corrected chi connectivity index (χ2v) is 6.62. The molecule has 0 spiro atoms. The summed E-state index contributed by atoms with van der Waals surface area (Å²) in [4.78, 5) is 16.7. The molecule has 0 aliphatic carbocycles. The Labute approximate surface area is 134 Å². The van der Waals surface area contributed by atoms with Crippen LogP contribution in [0.25, 0.3) is 0 Å². The summed E-state index contributed by atoms with van der Waals surface area (Å²) < 4.78 is 5.41. The Morgan fingerprint density at radius 2 is 2.05 bits per heavy atom. The van der Waals surface area contributed by atoms with E-state index in [1.54, 1.807) is 0 Å². The molecule has 0 radical (unpaired) electrons. The van der Waals surface area contributed by atoms with Gasteiger partial charge in [-0.05, 0) is 42.9 Å². The highest BCUT2D eigenvalue weighted by molar-refractivity contribution is 5.92. The highest BCUT2D eigenvalue weighted by atomic mass is 16.5. The van der Waals surface area contributed by atoms with E-state index < -0.39 is 0 Å². The van der Waals surface area contributed by atoms with Crippen LogP contribution in [-0.4, -0.2) is 24.0 Å².